The Morgan fingerprint density at radius 1 is 1.32 bits per heavy atom. The summed E-state index contributed by atoms with van der Waals surface area (Å²) in [6.45, 7) is 2.58. The second-order valence-corrected chi connectivity index (χ2v) is 5.31. The zero-order valence-electron chi connectivity index (χ0n) is 11.6. The maximum absolute atomic E-state index is 12.0. The Hall–Kier alpha value is -0.720. The molecule has 0 aromatic rings. The third kappa shape index (κ3) is 4.71. The van der Waals surface area contributed by atoms with Gasteiger partial charge in [-0.3, -0.25) is 4.79 Å². The number of nitrogens with two attached hydrogens (primary N) is 1. The van der Waals surface area contributed by atoms with Gasteiger partial charge in [-0.1, -0.05) is 18.6 Å². The maximum Gasteiger partial charge on any atom is 0.233 e. The summed E-state index contributed by atoms with van der Waals surface area (Å²) < 4.78 is 10.2. The fourth-order valence-corrected chi connectivity index (χ4v) is 2.36. The van der Waals surface area contributed by atoms with Crippen molar-refractivity contribution in [1.29, 1.82) is 0 Å². The number of unbranched alkanes of at least 4 members (excludes halogenated alkanes) is 1. The van der Waals surface area contributed by atoms with Crippen LogP contribution in [0.5, 0.6) is 0 Å². The third-order valence-corrected chi connectivity index (χ3v) is 3.94. The fourth-order valence-electron chi connectivity index (χ4n) is 2.06. The molecule has 1 fully saturated rings. The predicted molar refractivity (Wildman–Crippen MR) is 78.0 cm³/mol. The Morgan fingerprint density at radius 3 is 2.58 bits per heavy atom. The van der Waals surface area contributed by atoms with E-state index in [1.54, 1.807) is 7.11 Å². The molecule has 1 amide bonds. The summed E-state index contributed by atoms with van der Waals surface area (Å²) >= 11 is 5.00. The molecule has 0 spiro atoms. The largest absolute Gasteiger partial charge is 0.392 e. The second kappa shape index (κ2) is 8.45. The van der Waals surface area contributed by atoms with Gasteiger partial charge in [0.25, 0.3) is 0 Å². The first-order chi connectivity index (χ1) is 9.13. The van der Waals surface area contributed by atoms with Crippen LogP contribution in [0, 0.1) is 5.41 Å². The molecule has 0 unspecified atom stereocenters. The average molecular weight is 288 g/mol. The summed E-state index contributed by atoms with van der Waals surface area (Å²) in [6.07, 6.45) is 4.41. The molecule has 1 aliphatic rings. The second-order valence-electron chi connectivity index (χ2n) is 4.87. The van der Waals surface area contributed by atoms with E-state index < -0.39 is 5.41 Å². The van der Waals surface area contributed by atoms with E-state index in [0.29, 0.717) is 31.4 Å². The van der Waals surface area contributed by atoms with Gasteiger partial charge in [0.1, 0.15) is 0 Å². The van der Waals surface area contributed by atoms with Gasteiger partial charge < -0.3 is 20.5 Å². The average Bonchev–Trinajstić information content (AvgIpc) is 2.30. The summed E-state index contributed by atoms with van der Waals surface area (Å²) in [5.74, 6) is -0.00782. The van der Waals surface area contributed by atoms with Crippen molar-refractivity contribution in [1.82, 2.24) is 5.32 Å². The molecule has 0 aliphatic heterocycles. The number of hydrogen-bond acceptors (Lipinski definition) is 4. The summed E-state index contributed by atoms with van der Waals surface area (Å²) in [6, 6.07) is 0. The van der Waals surface area contributed by atoms with E-state index >= 15 is 0 Å². The van der Waals surface area contributed by atoms with Crippen LogP contribution in [0.25, 0.3) is 0 Å². The molecule has 5 nitrogen and oxygen atoms in total. The minimum Gasteiger partial charge on any atom is -0.392 e. The smallest absolute Gasteiger partial charge is 0.233 e. The number of carbonyl (C=O) groups is 1. The number of methoxy groups -OCH3 is 1. The van der Waals surface area contributed by atoms with E-state index in [-0.39, 0.29) is 5.91 Å². The highest BCUT2D eigenvalue weighted by atomic mass is 32.1. The number of ether oxygens (including phenoxy) is 2. The summed E-state index contributed by atoms with van der Waals surface area (Å²) in [7, 11) is 1.65. The normalized spacial score (nSPS) is 16.7. The number of carbonyl (C=O) groups excluding carboxylic acids is 1. The third-order valence-electron chi connectivity index (χ3n) is 3.55. The standard InChI is InChI=1S/C13H24N2O3S/c1-17-9-10-18-8-3-2-7-15-12(16)13(11(14)19)5-4-6-13/h2-10H2,1H3,(H2,14,19)(H,15,16). The van der Waals surface area contributed by atoms with Crippen molar-refractivity contribution < 1.29 is 14.3 Å². The van der Waals surface area contributed by atoms with E-state index in [0.717, 1.165) is 32.1 Å². The number of rotatable bonds is 10. The number of amides is 1. The van der Waals surface area contributed by atoms with Crippen LogP contribution in [0.3, 0.4) is 0 Å². The molecule has 1 aliphatic carbocycles. The highest BCUT2D eigenvalue weighted by Crippen LogP contribution is 2.41. The monoisotopic (exact) mass is 288 g/mol. The van der Waals surface area contributed by atoms with Gasteiger partial charge in [0.15, 0.2) is 0 Å². The first-order valence-electron chi connectivity index (χ1n) is 6.78. The molecule has 0 aromatic heterocycles. The lowest BCUT2D eigenvalue weighted by molar-refractivity contribution is -0.130. The minimum atomic E-state index is -0.565. The van der Waals surface area contributed by atoms with Gasteiger partial charge in [0.05, 0.1) is 23.6 Å². The Labute approximate surface area is 120 Å². The zero-order valence-corrected chi connectivity index (χ0v) is 12.4. The summed E-state index contributed by atoms with van der Waals surface area (Å²) in [5.41, 5.74) is 5.11. The van der Waals surface area contributed by atoms with Crippen LogP contribution in [0.4, 0.5) is 0 Å². The van der Waals surface area contributed by atoms with Crippen molar-refractivity contribution in [3.05, 3.63) is 0 Å². The van der Waals surface area contributed by atoms with Gasteiger partial charge in [-0.25, -0.2) is 0 Å². The highest BCUT2D eigenvalue weighted by Gasteiger charge is 2.46. The molecule has 1 rings (SSSR count). The van der Waals surface area contributed by atoms with Crippen LogP contribution in [0.2, 0.25) is 0 Å². The molecule has 0 atom stereocenters. The molecule has 0 radical (unpaired) electrons. The molecule has 6 heteroatoms. The molecule has 3 N–H and O–H groups in total. The van der Waals surface area contributed by atoms with E-state index in [9.17, 15) is 4.79 Å². The molecule has 1 saturated carbocycles. The van der Waals surface area contributed by atoms with Crippen LogP contribution in [0.15, 0.2) is 0 Å². The topological polar surface area (TPSA) is 73.6 Å². The maximum atomic E-state index is 12.0. The Bertz CT molecular complexity index is 306. The Morgan fingerprint density at radius 2 is 2.05 bits per heavy atom. The first-order valence-corrected chi connectivity index (χ1v) is 7.19. The van der Waals surface area contributed by atoms with Gasteiger partial charge >= 0.3 is 0 Å². The van der Waals surface area contributed by atoms with Gasteiger partial charge in [-0.2, -0.15) is 0 Å². The molecule has 0 bridgehead atoms. The number of hydrogen-bond donors (Lipinski definition) is 2. The van der Waals surface area contributed by atoms with E-state index in [4.69, 9.17) is 27.4 Å². The molecule has 0 heterocycles. The zero-order chi connectivity index (χ0) is 14.1. The van der Waals surface area contributed by atoms with Crippen molar-refractivity contribution >= 4 is 23.1 Å². The lowest BCUT2D eigenvalue weighted by Crippen LogP contribution is -2.53. The van der Waals surface area contributed by atoms with Crippen molar-refractivity contribution in [3.63, 3.8) is 0 Å². The van der Waals surface area contributed by atoms with Gasteiger partial charge in [0.2, 0.25) is 5.91 Å². The number of thiocarbonyl (C=S) groups is 1. The Balaban J connectivity index is 2.06. The van der Waals surface area contributed by atoms with Crippen LogP contribution >= 0.6 is 12.2 Å². The summed E-state index contributed by atoms with van der Waals surface area (Å²) in [5, 5.41) is 2.92. The predicted octanol–water partition coefficient (Wildman–Crippen LogP) is 1.00. The lowest BCUT2D eigenvalue weighted by atomic mass is 9.68. The minimum absolute atomic E-state index is 0.00782. The molecule has 0 aromatic carbocycles. The van der Waals surface area contributed by atoms with Gasteiger partial charge in [-0.15, -0.1) is 0 Å². The Kier molecular flexibility index (Phi) is 7.27. The van der Waals surface area contributed by atoms with E-state index in [2.05, 4.69) is 5.32 Å². The lowest BCUT2D eigenvalue weighted by Gasteiger charge is -2.39. The van der Waals surface area contributed by atoms with Crippen molar-refractivity contribution in [2.24, 2.45) is 11.1 Å². The molecule has 19 heavy (non-hydrogen) atoms. The van der Waals surface area contributed by atoms with Crippen LogP contribution in [-0.2, 0) is 14.3 Å². The van der Waals surface area contributed by atoms with Crippen molar-refractivity contribution in [2.75, 3.05) is 33.5 Å². The molecular formula is C13H24N2O3S. The fraction of sp³-hybridized carbons (Fsp3) is 0.846. The van der Waals surface area contributed by atoms with Crippen LogP contribution in [0.1, 0.15) is 32.1 Å². The van der Waals surface area contributed by atoms with E-state index in [1.807, 2.05) is 0 Å². The van der Waals surface area contributed by atoms with Gasteiger partial charge in [0, 0.05) is 20.3 Å². The van der Waals surface area contributed by atoms with Crippen LogP contribution < -0.4 is 11.1 Å². The van der Waals surface area contributed by atoms with Gasteiger partial charge in [-0.05, 0) is 25.7 Å². The van der Waals surface area contributed by atoms with E-state index in [1.165, 1.54) is 0 Å². The van der Waals surface area contributed by atoms with Crippen LogP contribution in [-0.4, -0.2) is 44.4 Å². The molecule has 0 saturated heterocycles. The SMILES string of the molecule is COCCOCCCCNC(=O)C1(C(N)=S)CCC1. The molecule has 110 valence electrons. The summed E-state index contributed by atoms with van der Waals surface area (Å²) in [4.78, 5) is 12.4. The molecular weight excluding hydrogens is 264 g/mol. The number of nitrogens with one attached hydrogen (secondary N) is 1. The highest BCUT2D eigenvalue weighted by molar-refractivity contribution is 7.80. The quantitative estimate of drug-likeness (QED) is 0.463. The van der Waals surface area contributed by atoms with Crippen molar-refractivity contribution in [3.8, 4) is 0 Å². The first kappa shape index (κ1) is 16.3. The van der Waals surface area contributed by atoms with Crippen molar-refractivity contribution in [2.45, 2.75) is 32.1 Å².